The van der Waals surface area contributed by atoms with Crippen LogP contribution in [0.4, 0.5) is 8.78 Å². The van der Waals surface area contributed by atoms with Gasteiger partial charge < -0.3 is 9.47 Å². The summed E-state index contributed by atoms with van der Waals surface area (Å²) >= 11 is 0. The smallest absolute Gasteiger partial charge is 0.335 e. The van der Waals surface area contributed by atoms with E-state index in [-0.39, 0.29) is 11.1 Å². The molecule has 0 aromatic heterocycles. The SMILES string of the molecule is C=CC(=O)Oc1ccc(CCc2ccc3c(c2)C(F)(F)c2cc(OCCCCC)ccc2-3)cc1. The Hall–Kier alpha value is -3.47. The van der Waals surface area contributed by atoms with E-state index in [4.69, 9.17) is 9.47 Å². The molecule has 0 atom stereocenters. The molecule has 0 saturated carbocycles. The van der Waals surface area contributed by atoms with Crippen molar-refractivity contribution in [3.8, 4) is 22.6 Å². The monoisotopic (exact) mass is 462 g/mol. The number of fused-ring (bicyclic) bond motifs is 3. The van der Waals surface area contributed by atoms with Crippen LogP contribution in [0.25, 0.3) is 11.1 Å². The molecule has 5 heteroatoms. The summed E-state index contributed by atoms with van der Waals surface area (Å²) in [6, 6.07) is 17.5. The molecule has 0 fully saturated rings. The molecule has 0 spiro atoms. The Morgan fingerprint density at radius 1 is 0.882 bits per heavy atom. The van der Waals surface area contributed by atoms with Gasteiger partial charge in [0.15, 0.2) is 0 Å². The molecule has 0 bridgehead atoms. The van der Waals surface area contributed by atoms with Crippen LogP contribution in [0, 0.1) is 0 Å². The largest absolute Gasteiger partial charge is 0.494 e. The van der Waals surface area contributed by atoms with Gasteiger partial charge >= 0.3 is 5.97 Å². The molecule has 0 unspecified atom stereocenters. The Bertz CT molecular complexity index is 1180. The van der Waals surface area contributed by atoms with Gasteiger partial charge in [-0.15, -0.1) is 0 Å². The second-order valence-corrected chi connectivity index (χ2v) is 8.49. The van der Waals surface area contributed by atoms with Crippen molar-refractivity contribution in [2.75, 3.05) is 6.61 Å². The molecule has 0 radical (unpaired) electrons. The lowest BCUT2D eigenvalue weighted by molar-refractivity contribution is -0.128. The predicted molar refractivity (Wildman–Crippen MR) is 130 cm³/mol. The third kappa shape index (κ3) is 5.04. The summed E-state index contributed by atoms with van der Waals surface area (Å²) in [5.41, 5.74) is 3.09. The zero-order chi connectivity index (χ0) is 24.1. The van der Waals surface area contributed by atoms with Crippen molar-refractivity contribution in [2.24, 2.45) is 0 Å². The van der Waals surface area contributed by atoms with Gasteiger partial charge in [0.1, 0.15) is 11.5 Å². The fourth-order valence-electron chi connectivity index (χ4n) is 4.21. The lowest BCUT2D eigenvalue weighted by atomic mass is 9.98. The van der Waals surface area contributed by atoms with Gasteiger partial charge in [-0.05, 0) is 71.8 Å². The molecular weight excluding hydrogens is 434 g/mol. The standard InChI is InChI=1S/C29H28F2O3/c1-3-5-6-17-33-23-14-16-25-24-15-11-21(18-26(24)29(30,31)27(25)19-23)8-7-20-9-12-22(13-10-20)34-28(32)4-2/h4,9-16,18-19H,2-3,5-8,17H2,1H3. The van der Waals surface area contributed by atoms with Gasteiger partial charge in [-0.25, -0.2) is 4.79 Å². The zero-order valence-electron chi connectivity index (χ0n) is 19.3. The number of halogens is 2. The third-order valence-electron chi connectivity index (χ3n) is 6.07. The van der Waals surface area contributed by atoms with E-state index >= 15 is 8.78 Å². The van der Waals surface area contributed by atoms with E-state index in [1.54, 1.807) is 36.4 Å². The topological polar surface area (TPSA) is 35.5 Å². The summed E-state index contributed by atoms with van der Waals surface area (Å²) in [6.07, 6.45) is 5.47. The van der Waals surface area contributed by atoms with Crippen LogP contribution in [0.5, 0.6) is 11.5 Å². The first kappa shape index (κ1) is 23.7. The van der Waals surface area contributed by atoms with Gasteiger partial charge in [-0.2, -0.15) is 8.78 Å². The number of ether oxygens (including phenoxy) is 2. The first-order chi connectivity index (χ1) is 16.4. The number of unbranched alkanes of at least 4 members (excludes halogenated alkanes) is 2. The minimum atomic E-state index is -3.06. The van der Waals surface area contributed by atoms with Gasteiger partial charge in [0, 0.05) is 17.2 Å². The van der Waals surface area contributed by atoms with Gasteiger partial charge in [-0.3, -0.25) is 0 Å². The zero-order valence-corrected chi connectivity index (χ0v) is 19.3. The number of hydrogen-bond acceptors (Lipinski definition) is 3. The average molecular weight is 463 g/mol. The molecule has 176 valence electrons. The van der Waals surface area contributed by atoms with Crippen molar-refractivity contribution in [3.63, 3.8) is 0 Å². The Morgan fingerprint density at radius 3 is 2.21 bits per heavy atom. The fraction of sp³-hybridized carbons (Fsp3) is 0.276. The van der Waals surface area contributed by atoms with Crippen molar-refractivity contribution < 1.29 is 23.0 Å². The Kier molecular flexibility index (Phi) is 7.11. The quantitative estimate of drug-likeness (QED) is 0.138. The van der Waals surface area contributed by atoms with Crippen LogP contribution in [-0.2, 0) is 23.6 Å². The highest BCUT2D eigenvalue weighted by molar-refractivity contribution is 5.83. The second-order valence-electron chi connectivity index (χ2n) is 8.49. The number of aryl methyl sites for hydroxylation is 2. The van der Waals surface area contributed by atoms with Crippen LogP contribution in [0.2, 0.25) is 0 Å². The molecule has 1 aliphatic rings. The van der Waals surface area contributed by atoms with Crippen LogP contribution < -0.4 is 9.47 Å². The van der Waals surface area contributed by atoms with Crippen LogP contribution in [-0.4, -0.2) is 12.6 Å². The lowest BCUT2D eigenvalue weighted by Crippen LogP contribution is -2.11. The maximum absolute atomic E-state index is 15.4. The number of alkyl halides is 2. The van der Waals surface area contributed by atoms with E-state index in [1.807, 2.05) is 18.2 Å². The number of esters is 1. The summed E-state index contributed by atoms with van der Waals surface area (Å²) in [7, 11) is 0. The Morgan fingerprint density at radius 2 is 1.50 bits per heavy atom. The molecule has 4 rings (SSSR count). The van der Waals surface area contributed by atoms with Crippen LogP contribution >= 0.6 is 0 Å². The Balaban J connectivity index is 1.45. The number of hydrogen-bond donors (Lipinski definition) is 0. The normalized spacial score (nSPS) is 13.1. The molecule has 3 nitrogen and oxygen atoms in total. The molecular formula is C29H28F2O3. The molecule has 3 aromatic rings. The van der Waals surface area contributed by atoms with Gasteiger partial charge in [0.2, 0.25) is 0 Å². The molecule has 1 aliphatic carbocycles. The minimum absolute atomic E-state index is 0.0114. The highest BCUT2D eigenvalue weighted by atomic mass is 19.3. The molecule has 0 N–H and O–H groups in total. The van der Waals surface area contributed by atoms with E-state index in [0.717, 1.165) is 36.5 Å². The van der Waals surface area contributed by atoms with Crippen molar-refractivity contribution in [1.82, 2.24) is 0 Å². The van der Waals surface area contributed by atoms with Crippen molar-refractivity contribution >= 4 is 5.97 Å². The predicted octanol–water partition coefficient (Wildman–Crippen LogP) is 7.25. The van der Waals surface area contributed by atoms with Crippen molar-refractivity contribution in [3.05, 3.63) is 95.6 Å². The van der Waals surface area contributed by atoms with E-state index < -0.39 is 11.9 Å². The number of benzene rings is 3. The molecule has 34 heavy (non-hydrogen) atoms. The van der Waals surface area contributed by atoms with Gasteiger partial charge in [0.05, 0.1) is 6.61 Å². The maximum atomic E-state index is 15.4. The molecule has 0 amide bonds. The van der Waals surface area contributed by atoms with Crippen molar-refractivity contribution in [1.29, 1.82) is 0 Å². The first-order valence-electron chi connectivity index (χ1n) is 11.6. The van der Waals surface area contributed by atoms with E-state index in [2.05, 4.69) is 13.5 Å². The number of carbonyl (C=O) groups excluding carboxylic acids is 1. The fourth-order valence-corrected chi connectivity index (χ4v) is 4.21. The summed E-state index contributed by atoms with van der Waals surface area (Å²) in [6.45, 7) is 6.02. The number of carbonyl (C=O) groups is 1. The summed E-state index contributed by atoms with van der Waals surface area (Å²) in [4.78, 5) is 11.3. The minimum Gasteiger partial charge on any atom is -0.494 e. The van der Waals surface area contributed by atoms with Gasteiger partial charge in [0.25, 0.3) is 5.92 Å². The molecule has 0 saturated heterocycles. The molecule has 0 aliphatic heterocycles. The molecule has 3 aromatic carbocycles. The lowest BCUT2D eigenvalue weighted by Gasteiger charge is -2.14. The Labute approximate surface area is 199 Å². The van der Waals surface area contributed by atoms with E-state index in [0.29, 0.717) is 42.1 Å². The first-order valence-corrected chi connectivity index (χ1v) is 11.6. The van der Waals surface area contributed by atoms with Crippen molar-refractivity contribution in [2.45, 2.75) is 45.0 Å². The highest BCUT2D eigenvalue weighted by Crippen LogP contribution is 2.52. The highest BCUT2D eigenvalue weighted by Gasteiger charge is 2.44. The van der Waals surface area contributed by atoms with E-state index in [1.165, 1.54) is 6.07 Å². The summed E-state index contributed by atoms with van der Waals surface area (Å²) in [5.74, 6) is -2.63. The van der Waals surface area contributed by atoms with Crippen LogP contribution in [0.3, 0.4) is 0 Å². The van der Waals surface area contributed by atoms with Crippen LogP contribution in [0.15, 0.2) is 73.3 Å². The third-order valence-corrected chi connectivity index (χ3v) is 6.07. The average Bonchev–Trinajstić information content (AvgIpc) is 3.07. The summed E-state index contributed by atoms with van der Waals surface area (Å²) < 4.78 is 41.5. The summed E-state index contributed by atoms with van der Waals surface area (Å²) in [5, 5.41) is 0. The van der Waals surface area contributed by atoms with Crippen LogP contribution in [0.1, 0.15) is 48.4 Å². The molecule has 0 heterocycles. The van der Waals surface area contributed by atoms with E-state index in [9.17, 15) is 4.79 Å². The maximum Gasteiger partial charge on any atom is 0.335 e. The van der Waals surface area contributed by atoms with Gasteiger partial charge in [-0.1, -0.05) is 56.7 Å². The second kappa shape index (κ2) is 10.2. The number of rotatable bonds is 10.